The molecule has 3 N–H and O–H groups in total. The highest BCUT2D eigenvalue weighted by atomic mass is 35.5. The van der Waals surface area contributed by atoms with Gasteiger partial charge in [-0.1, -0.05) is 29.3 Å². The first-order valence-corrected chi connectivity index (χ1v) is 9.04. The number of nitrogens with zero attached hydrogens (tertiary/aromatic N) is 3. The number of piperazine rings is 1. The van der Waals surface area contributed by atoms with Gasteiger partial charge in [-0.2, -0.15) is 0 Å². The molecule has 1 aliphatic rings. The van der Waals surface area contributed by atoms with E-state index in [1.54, 1.807) is 6.07 Å². The minimum Gasteiger partial charge on any atom is -0.354 e. The number of nitrogens with two attached hydrogens (primary N) is 1. The van der Waals surface area contributed by atoms with E-state index in [2.05, 4.69) is 25.8 Å². The molecule has 1 aromatic carbocycles. The van der Waals surface area contributed by atoms with Gasteiger partial charge in [0.05, 0.1) is 6.20 Å². The molecule has 1 fully saturated rings. The van der Waals surface area contributed by atoms with Crippen LogP contribution in [0.3, 0.4) is 0 Å². The van der Waals surface area contributed by atoms with Crippen molar-refractivity contribution in [3.8, 4) is 11.1 Å². The number of imidazole rings is 1. The van der Waals surface area contributed by atoms with E-state index in [0.29, 0.717) is 16.6 Å². The van der Waals surface area contributed by atoms with E-state index in [1.807, 2.05) is 24.4 Å². The number of rotatable bonds is 3. The Morgan fingerprint density at radius 2 is 1.92 bits per heavy atom. The predicted molar refractivity (Wildman–Crippen MR) is 104 cm³/mol. The van der Waals surface area contributed by atoms with Crippen molar-refractivity contribution in [1.82, 2.24) is 14.7 Å². The second-order valence-electron chi connectivity index (χ2n) is 6.12. The molecule has 5 nitrogen and oxygen atoms in total. The lowest BCUT2D eigenvalue weighted by atomic mass is 10.0. The first kappa shape index (κ1) is 16.7. The van der Waals surface area contributed by atoms with Crippen LogP contribution in [-0.4, -0.2) is 35.6 Å². The molecule has 0 unspecified atom stereocenters. The average molecular weight is 376 g/mol. The molecule has 3 heterocycles. The molecule has 0 aliphatic carbocycles. The van der Waals surface area contributed by atoms with Gasteiger partial charge in [0, 0.05) is 60.1 Å². The summed E-state index contributed by atoms with van der Waals surface area (Å²) in [5, 5.41) is 4.61. The lowest BCUT2D eigenvalue weighted by molar-refractivity contribution is 0.584. The Hall–Kier alpha value is -1.79. The van der Waals surface area contributed by atoms with Crippen LogP contribution in [0.25, 0.3) is 16.8 Å². The molecule has 1 aliphatic heterocycles. The summed E-state index contributed by atoms with van der Waals surface area (Å²) < 4.78 is 2.12. The first-order chi connectivity index (χ1) is 12.2. The third-order valence-corrected chi connectivity index (χ3v) is 5.14. The second kappa shape index (κ2) is 6.84. The summed E-state index contributed by atoms with van der Waals surface area (Å²) in [5.41, 5.74) is 9.81. The first-order valence-electron chi connectivity index (χ1n) is 8.28. The van der Waals surface area contributed by atoms with Gasteiger partial charge in [0.15, 0.2) is 0 Å². The Kier molecular flexibility index (Phi) is 4.56. The van der Waals surface area contributed by atoms with E-state index in [4.69, 9.17) is 28.9 Å². The highest BCUT2D eigenvalue weighted by Crippen LogP contribution is 2.34. The Balaban J connectivity index is 1.87. The number of anilines is 1. The maximum Gasteiger partial charge on any atom is 0.138 e. The van der Waals surface area contributed by atoms with Gasteiger partial charge in [0.2, 0.25) is 0 Å². The maximum atomic E-state index is 6.44. The van der Waals surface area contributed by atoms with Crippen LogP contribution in [0.15, 0.2) is 36.7 Å². The maximum absolute atomic E-state index is 6.44. The summed E-state index contributed by atoms with van der Waals surface area (Å²) in [6.07, 6.45) is 4.01. The molecular formula is C18H19Cl2N5. The van der Waals surface area contributed by atoms with Crippen molar-refractivity contribution in [3.63, 3.8) is 0 Å². The van der Waals surface area contributed by atoms with Crippen LogP contribution in [0.2, 0.25) is 10.0 Å². The summed E-state index contributed by atoms with van der Waals surface area (Å²) >= 11 is 12.5. The van der Waals surface area contributed by atoms with Gasteiger partial charge in [-0.3, -0.25) is 4.40 Å². The quantitative estimate of drug-likeness (QED) is 0.737. The van der Waals surface area contributed by atoms with Crippen LogP contribution in [0, 0.1) is 0 Å². The van der Waals surface area contributed by atoms with Gasteiger partial charge >= 0.3 is 0 Å². The Morgan fingerprint density at radius 3 is 2.64 bits per heavy atom. The van der Waals surface area contributed by atoms with Crippen LogP contribution >= 0.6 is 23.2 Å². The van der Waals surface area contributed by atoms with Crippen LogP contribution in [0.5, 0.6) is 0 Å². The topological polar surface area (TPSA) is 58.6 Å². The normalized spacial score (nSPS) is 15.1. The van der Waals surface area contributed by atoms with E-state index in [-0.39, 0.29) is 0 Å². The van der Waals surface area contributed by atoms with Gasteiger partial charge in [0.1, 0.15) is 11.5 Å². The minimum absolute atomic E-state index is 0.417. The molecule has 25 heavy (non-hydrogen) atoms. The fraction of sp³-hybridized carbons (Fsp3) is 0.278. The van der Waals surface area contributed by atoms with Crippen LogP contribution in [0.1, 0.15) is 5.56 Å². The number of benzene rings is 1. The number of nitrogens with one attached hydrogen (secondary N) is 1. The molecule has 7 heteroatoms. The molecule has 0 amide bonds. The lowest BCUT2D eigenvalue weighted by Crippen LogP contribution is -2.44. The van der Waals surface area contributed by atoms with Crippen molar-refractivity contribution >= 4 is 34.7 Å². The third-order valence-electron chi connectivity index (χ3n) is 4.60. The molecule has 0 saturated carbocycles. The second-order valence-corrected chi connectivity index (χ2v) is 6.97. The zero-order chi connectivity index (χ0) is 17.4. The molecule has 0 spiro atoms. The van der Waals surface area contributed by atoms with Gasteiger partial charge in [-0.15, -0.1) is 0 Å². The van der Waals surface area contributed by atoms with Gasteiger partial charge in [-0.25, -0.2) is 4.98 Å². The number of pyridine rings is 1. The highest BCUT2D eigenvalue weighted by Gasteiger charge is 2.17. The highest BCUT2D eigenvalue weighted by molar-refractivity contribution is 6.36. The number of hydrogen-bond acceptors (Lipinski definition) is 4. The lowest BCUT2D eigenvalue weighted by Gasteiger charge is -2.28. The van der Waals surface area contributed by atoms with E-state index >= 15 is 0 Å². The Labute approximate surface area is 156 Å². The molecule has 3 aromatic rings. The van der Waals surface area contributed by atoms with Gasteiger partial charge in [-0.05, 0) is 23.8 Å². The fourth-order valence-corrected chi connectivity index (χ4v) is 3.81. The number of halogens is 2. The Bertz CT molecular complexity index is 915. The fourth-order valence-electron chi connectivity index (χ4n) is 3.30. The van der Waals surface area contributed by atoms with Crippen molar-refractivity contribution in [2.75, 3.05) is 31.1 Å². The molecule has 0 atom stereocenters. The Morgan fingerprint density at radius 1 is 1.12 bits per heavy atom. The summed E-state index contributed by atoms with van der Waals surface area (Å²) in [7, 11) is 0. The summed E-state index contributed by atoms with van der Waals surface area (Å²) in [4.78, 5) is 6.90. The van der Waals surface area contributed by atoms with Crippen LogP contribution in [-0.2, 0) is 6.54 Å². The van der Waals surface area contributed by atoms with Crippen molar-refractivity contribution in [2.45, 2.75) is 6.54 Å². The van der Waals surface area contributed by atoms with Gasteiger partial charge in [0.25, 0.3) is 0 Å². The summed E-state index contributed by atoms with van der Waals surface area (Å²) in [6, 6.07) is 7.57. The molecule has 0 bridgehead atoms. The molecular weight excluding hydrogens is 357 g/mol. The van der Waals surface area contributed by atoms with Crippen molar-refractivity contribution in [1.29, 1.82) is 0 Å². The zero-order valence-electron chi connectivity index (χ0n) is 13.7. The standard InChI is InChI=1S/C18H19Cl2N5/c19-13-1-2-14(16(20)8-13)15-11-25-17(7-12(15)9-21)23-10-18(25)24-5-3-22-4-6-24/h1-2,7-8,10-11,22H,3-6,9,21H2. The van der Waals surface area contributed by atoms with E-state index in [0.717, 1.165) is 54.3 Å². The van der Waals surface area contributed by atoms with Gasteiger partial charge < -0.3 is 16.0 Å². The summed E-state index contributed by atoms with van der Waals surface area (Å²) in [6.45, 7) is 4.29. The SMILES string of the molecule is NCc1cc2ncc(N3CCNCC3)n2cc1-c1ccc(Cl)cc1Cl. The largest absolute Gasteiger partial charge is 0.354 e. The molecule has 1 saturated heterocycles. The number of hydrogen-bond donors (Lipinski definition) is 2. The zero-order valence-corrected chi connectivity index (χ0v) is 15.2. The molecule has 130 valence electrons. The smallest absolute Gasteiger partial charge is 0.138 e. The van der Waals surface area contributed by atoms with Crippen molar-refractivity contribution in [2.24, 2.45) is 5.73 Å². The van der Waals surface area contributed by atoms with E-state index in [1.165, 1.54) is 0 Å². The third kappa shape index (κ3) is 3.09. The molecule has 4 rings (SSSR count). The van der Waals surface area contributed by atoms with Crippen LogP contribution < -0.4 is 16.0 Å². The summed E-state index contributed by atoms with van der Waals surface area (Å²) in [5.74, 6) is 1.09. The average Bonchev–Trinajstić information content (AvgIpc) is 3.04. The minimum atomic E-state index is 0.417. The van der Waals surface area contributed by atoms with E-state index in [9.17, 15) is 0 Å². The van der Waals surface area contributed by atoms with Crippen LogP contribution in [0.4, 0.5) is 5.82 Å². The monoisotopic (exact) mass is 375 g/mol. The number of fused-ring (bicyclic) bond motifs is 1. The molecule has 0 radical (unpaired) electrons. The van der Waals surface area contributed by atoms with E-state index < -0.39 is 0 Å². The molecule has 2 aromatic heterocycles. The predicted octanol–water partition coefficient (Wildman–Crippen LogP) is 3.18. The van der Waals surface area contributed by atoms with Crippen molar-refractivity contribution in [3.05, 3.63) is 52.3 Å². The number of aromatic nitrogens is 2. The van der Waals surface area contributed by atoms with Crippen molar-refractivity contribution < 1.29 is 0 Å².